The van der Waals surface area contributed by atoms with E-state index in [9.17, 15) is 4.79 Å². The van der Waals surface area contributed by atoms with Crippen molar-refractivity contribution in [3.05, 3.63) is 59.8 Å². The molecule has 0 aliphatic carbocycles. The normalized spacial score (nSPS) is 10.4. The van der Waals surface area contributed by atoms with E-state index >= 15 is 0 Å². The number of carbonyl (C=O) groups is 1. The number of amides is 1. The fourth-order valence-electron chi connectivity index (χ4n) is 2.97. The number of rotatable bonds is 9. The molecule has 144 valence electrons. The molecule has 7 heteroatoms. The molecule has 6 nitrogen and oxygen atoms in total. The van der Waals surface area contributed by atoms with E-state index in [1.807, 2.05) is 24.3 Å². The number of nitrogens with one attached hydrogen (secondary N) is 1. The van der Waals surface area contributed by atoms with E-state index in [0.29, 0.717) is 11.5 Å². The first-order chi connectivity index (χ1) is 12.7. The fraction of sp³-hybridized carbons (Fsp3) is 0.250. The Morgan fingerprint density at radius 1 is 1.19 bits per heavy atom. The summed E-state index contributed by atoms with van der Waals surface area (Å²) in [7, 11) is 1.58. The first-order valence-corrected chi connectivity index (χ1v) is 8.62. The summed E-state index contributed by atoms with van der Waals surface area (Å²) in [6.45, 7) is 1.67. The number of aromatic nitrogens is 1. The minimum atomic E-state index is -0.512. The molecule has 1 heterocycles. The minimum Gasteiger partial charge on any atom is -1.00 e. The zero-order valence-corrected chi connectivity index (χ0v) is 16.0. The number of hydrogen-bond acceptors (Lipinski definition) is 3. The van der Waals surface area contributed by atoms with E-state index in [4.69, 9.17) is 15.2 Å². The summed E-state index contributed by atoms with van der Waals surface area (Å²) in [6.07, 6.45) is 3.09. The van der Waals surface area contributed by atoms with E-state index in [-0.39, 0.29) is 19.0 Å². The molecule has 5 N–H and O–H groups in total. The van der Waals surface area contributed by atoms with Crippen molar-refractivity contribution in [3.8, 4) is 11.5 Å². The number of ether oxygens (including phenoxy) is 2. The Balaban J connectivity index is 0.00000261. The number of hydrogen-bond donors (Lipinski definition) is 3. The summed E-state index contributed by atoms with van der Waals surface area (Å²) in [5.74, 6) is 0.615. The van der Waals surface area contributed by atoms with E-state index < -0.39 is 5.91 Å². The third-order valence-corrected chi connectivity index (χ3v) is 4.27. The largest absolute Gasteiger partial charge is 1.00 e. The number of H-pyrrole nitrogens is 1. The molecule has 0 aliphatic heterocycles. The number of quaternary nitrogens is 1. The molecule has 0 radical (unpaired) electrons. The van der Waals surface area contributed by atoms with Gasteiger partial charge in [0, 0.05) is 29.1 Å². The van der Waals surface area contributed by atoms with Crippen molar-refractivity contribution in [2.45, 2.75) is 13.0 Å². The van der Waals surface area contributed by atoms with E-state index in [2.05, 4.69) is 34.7 Å². The second kappa shape index (κ2) is 9.85. The summed E-state index contributed by atoms with van der Waals surface area (Å²) >= 11 is 0. The summed E-state index contributed by atoms with van der Waals surface area (Å²) < 4.78 is 10.7. The number of primary amides is 1. The molecule has 1 amide bonds. The highest BCUT2D eigenvalue weighted by Gasteiger charge is 2.09. The number of halogens is 1. The quantitative estimate of drug-likeness (QED) is 0.383. The smallest absolute Gasteiger partial charge is 0.255 e. The van der Waals surface area contributed by atoms with Crippen LogP contribution >= 0.6 is 0 Å². The zero-order valence-electron chi connectivity index (χ0n) is 15.2. The molecule has 0 unspecified atom stereocenters. The second-order valence-corrected chi connectivity index (χ2v) is 6.13. The SMILES string of the molecule is COc1cc(C[NH2+]CCc2c[nH]c3ccccc23)ccc1OCC(N)=O.[Cl-]. The van der Waals surface area contributed by atoms with Gasteiger partial charge in [-0.25, -0.2) is 0 Å². The van der Waals surface area contributed by atoms with Gasteiger partial charge in [0.25, 0.3) is 5.91 Å². The monoisotopic (exact) mass is 389 g/mol. The summed E-state index contributed by atoms with van der Waals surface area (Å²) in [6, 6.07) is 14.1. The van der Waals surface area contributed by atoms with Crippen molar-refractivity contribution >= 4 is 16.8 Å². The van der Waals surface area contributed by atoms with Crippen molar-refractivity contribution in [2.75, 3.05) is 20.3 Å². The lowest BCUT2D eigenvalue weighted by atomic mass is 10.1. The Morgan fingerprint density at radius 3 is 2.78 bits per heavy atom. The molecule has 0 atom stereocenters. The molecule has 0 fully saturated rings. The molecular formula is C20H24ClN3O3. The second-order valence-electron chi connectivity index (χ2n) is 6.13. The Labute approximate surface area is 164 Å². The highest BCUT2D eigenvalue weighted by molar-refractivity contribution is 5.83. The van der Waals surface area contributed by atoms with Crippen molar-refractivity contribution in [2.24, 2.45) is 5.73 Å². The molecule has 2 aromatic carbocycles. The summed E-state index contributed by atoms with van der Waals surface area (Å²) in [4.78, 5) is 14.2. The molecule has 0 bridgehead atoms. The van der Waals surface area contributed by atoms with Crippen LogP contribution in [-0.4, -0.2) is 31.2 Å². The van der Waals surface area contributed by atoms with Crippen LogP contribution in [0.25, 0.3) is 10.9 Å². The van der Waals surface area contributed by atoms with Gasteiger partial charge in [-0.15, -0.1) is 0 Å². The predicted molar refractivity (Wildman–Crippen MR) is 100 cm³/mol. The minimum absolute atomic E-state index is 0. The van der Waals surface area contributed by atoms with Gasteiger partial charge in [-0.1, -0.05) is 18.2 Å². The molecule has 27 heavy (non-hydrogen) atoms. The highest BCUT2D eigenvalue weighted by atomic mass is 35.5. The number of para-hydroxylation sites is 1. The van der Waals surface area contributed by atoms with Crippen LogP contribution in [0.1, 0.15) is 11.1 Å². The van der Waals surface area contributed by atoms with E-state index in [1.165, 1.54) is 16.5 Å². The number of fused-ring (bicyclic) bond motifs is 1. The average molecular weight is 390 g/mol. The maximum Gasteiger partial charge on any atom is 0.255 e. The number of carbonyl (C=O) groups excluding carboxylic acids is 1. The van der Waals surface area contributed by atoms with E-state index in [0.717, 1.165) is 25.1 Å². The molecule has 0 aliphatic rings. The first-order valence-electron chi connectivity index (χ1n) is 8.62. The fourth-order valence-corrected chi connectivity index (χ4v) is 2.97. The third kappa shape index (κ3) is 5.39. The van der Waals surface area contributed by atoms with Gasteiger partial charge in [0.05, 0.1) is 13.7 Å². The molecule has 3 rings (SSSR count). The Kier molecular flexibility index (Phi) is 7.52. The maximum absolute atomic E-state index is 10.8. The van der Waals surface area contributed by atoms with Gasteiger partial charge >= 0.3 is 0 Å². The zero-order chi connectivity index (χ0) is 18.4. The highest BCUT2D eigenvalue weighted by Crippen LogP contribution is 2.27. The summed E-state index contributed by atoms with van der Waals surface area (Å²) in [5.41, 5.74) is 8.75. The van der Waals surface area contributed by atoms with Crippen molar-refractivity contribution < 1.29 is 32.0 Å². The number of methoxy groups -OCH3 is 1. The molecule has 1 aromatic heterocycles. The molecule has 0 spiro atoms. The number of nitrogens with two attached hydrogens (primary N) is 2. The summed E-state index contributed by atoms with van der Waals surface area (Å²) in [5, 5.41) is 3.55. The van der Waals surface area contributed by atoms with E-state index in [1.54, 1.807) is 7.11 Å². The average Bonchev–Trinajstić information content (AvgIpc) is 3.07. The lowest BCUT2D eigenvalue weighted by molar-refractivity contribution is -0.670. The Bertz CT molecular complexity index is 895. The molecule has 3 aromatic rings. The molecule has 0 saturated carbocycles. The topological polar surface area (TPSA) is 93.9 Å². The van der Waals surface area contributed by atoms with Crippen LogP contribution in [0.3, 0.4) is 0 Å². The van der Waals surface area contributed by atoms with Crippen LogP contribution in [0.4, 0.5) is 0 Å². The van der Waals surface area contributed by atoms with Gasteiger partial charge in [-0.05, 0) is 29.8 Å². The Hall–Kier alpha value is -2.70. The van der Waals surface area contributed by atoms with Gasteiger partial charge < -0.3 is 37.9 Å². The van der Waals surface area contributed by atoms with Crippen LogP contribution in [-0.2, 0) is 17.8 Å². The van der Waals surface area contributed by atoms with Crippen LogP contribution < -0.4 is 32.9 Å². The lowest BCUT2D eigenvalue weighted by Crippen LogP contribution is -3.00. The van der Waals surface area contributed by atoms with Gasteiger partial charge in [-0.3, -0.25) is 4.79 Å². The third-order valence-electron chi connectivity index (χ3n) is 4.27. The first kappa shape index (κ1) is 20.6. The van der Waals surface area contributed by atoms with Crippen LogP contribution in [0.15, 0.2) is 48.7 Å². The standard InChI is InChI=1S/C20H23N3O3.ClH/c1-25-19-10-14(6-7-18(19)26-13-20(21)24)11-22-9-8-15-12-23-17-5-3-2-4-16(15)17;/h2-7,10,12,22-23H,8-9,11,13H2,1H3,(H2,21,24);1H. The van der Waals surface area contributed by atoms with Crippen molar-refractivity contribution in [1.29, 1.82) is 0 Å². The Morgan fingerprint density at radius 2 is 2.00 bits per heavy atom. The van der Waals surface area contributed by atoms with Crippen LogP contribution in [0.5, 0.6) is 11.5 Å². The van der Waals surface area contributed by atoms with Crippen molar-refractivity contribution in [1.82, 2.24) is 4.98 Å². The number of aromatic amines is 1. The maximum atomic E-state index is 10.8. The molecular weight excluding hydrogens is 366 g/mol. The predicted octanol–water partition coefficient (Wildman–Crippen LogP) is -1.65. The van der Waals surface area contributed by atoms with Gasteiger partial charge in [0.15, 0.2) is 18.1 Å². The van der Waals surface area contributed by atoms with Gasteiger partial charge in [0.1, 0.15) is 6.54 Å². The van der Waals surface area contributed by atoms with Crippen LogP contribution in [0.2, 0.25) is 0 Å². The van der Waals surface area contributed by atoms with Gasteiger partial charge in [0.2, 0.25) is 0 Å². The number of benzene rings is 2. The van der Waals surface area contributed by atoms with Gasteiger partial charge in [-0.2, -0.15) is 0 Å². The lowest BCUT2D eigenvalue weighted by Gasteiger charge is -2.11. The molecule has 0 saturated heterocycles. The van der Waals surface area contributed by atoms with Crippen LogP contribution in [0, 0.1) is 0 Å². The van der Waals surface area contributed by atoms with Crippen molar-refractivity contribution in [3.63, 3.8) is 0 Å².